The minimum absolute atomic E-state index is 0.0605. The number of hydrogen-bond acceptors (Lipinski definition) is 5. The van der Waals surface area contributed by atoms with E-state index in [2.05, 4.69) is 4.72 Å². The van der Waals surface area contributed by atoms with Crippen LogP contribution in [0.15, 0.2) is 35.2 Å². The van der Waals surface area contributed by atoms with E-state index in [1.54, 1.807) is 18.2 Å². The van der Waals surface area contributed by atoms with Crippen LogP contribution in [0.4, 0.5) is 0 Å². The lowest BCUT2D eigenvalue weighted by Crippen LogP contribution is -2.38. The molecular formula is C8H13N2O4PS. The minimum Gasteiger partial charge on any atom is -0.349 e. The Bertz CT molecular complexity index is 423. The molecule has 90 valence electrons. The van der Waals surface area contributed by atoms with Crippen LogP contribution in [0.5, 0.6) is 0 Å². The number of nitrogens with two attached hydrogens (primary N) is 1. The Morgan fingerprint density at radius 2 is 1.88 bits per heavy atom. The summed E-state index contributed by atoms with van der Waals surface area (Å²) in [5.41, 5.74) is 5.23. The molecule has 0 heterocycles. The molecule has 0 aromatic heterocycles. The van der Waals surface area contributed by atoms with Crippen molar-refractivity contribution in [3.63, 3.8) is 0 Å². The summed E-state index contributed by atoms with van der Waals surface area (Å²) in [5, 5.41) is 0. The Balaban J connectivity index is 2.88. The van der Waals surface area contributed by atoms with Crippen molar-refractivity contribution in [1.82, 2.24) is 4.72 Å². The monoisotopic (exact) mass is 264 g/mol. The second kappa shape index (κ2) is 5.67. The molecule has 1 aromatic rings. The molecule has 1 aromatic carbocycles. The van der Waals surface area contributed by atoms with Gasteiger partial charge in [-0.1, -0.05) is 18.2 Å². The number of benzene rings is 1. The maximum absolute atomic E-state index is 11.7. The third-order valence-electron chi connectivity index (χ3n) is 1.85. The number of rotatable bonds is 5. The first-order valence-corrected chi connectivity index (χ1v) is 7.22. The molecule has 1 atom stereocenters. The Kier molecular flexibility index (Phi) is 4.79. The summed E-state index contributed by atoms with van der Waals surface area (Å²) in [6.45, 7) is -0.176. The van der Waals surface area contributed by atoms with Gasteiger partial charge < -0.3 is 15.5 Å². The highest BCUT2D eigenvalue weighted by Gasteiger charge is 2.23. The second-order valence-corrected chi connectivity index (χ2v) is 5.98. The molecule has 5 N–H and O–H groups in total. The first kappa shape index (κ1) is 13.5. The Morgan fingerprint density at radius 1 is 1.31 bits per heavy atom. The maximum atomic E-state index is 11.7. The molecule has 0 saturated carbocycles. The van der Waals surface area contributed by atoms with Crippen LogP contribution in [-0.4, -0.2) is 30.5 Å². The second-order valence-electron chi connectivity index (χ2n) is 3.01. The Morgan fingerprint density at radius 3 is 2.31 bits per heavy atom. The van der Waals surface area contributed by atoms with Gasteiger partial charge >= 0.3 is 0 Å². The molecule has 8 heteroatoms. The largest absolute Gasteiger partial charge is 0.349 e. The summed E-state index contributed by atoms with van der Waals surface area (Å²) >= 11 is 0. The molecule has 1 rings (SSSR count). The summed E-state index contributed by atoms with van der Waals surface area (Å²) < 4.78 is 25.6. The summed E-state index contributed by atoms with van der Waals surface area (Å²) in [7, 11) is -6.18. The average molecular weight is 264 g/mol. The molecule has 6 nitrogen and oxygen atoms in total. The fourth-order valence-corrected chi connectivity index (χ4v) is 3.12. The highest BCUT2D eigenvalue weighted by molar-refractivity contribution is 7.89. The fourth-order valence-electron chi connectivity index (χ4n) is 1.04. The van der Waals surface area contributed by atoms with E-state index in [0.717, 1.165) is 0 Å². The van der Waals surface area contributed by atoms with Crippen LogP contribution >= 0.6 is 8.38 Å². The van der Waals surface area contributed by atoms with Crippen LogP contribution in [0.1, 0.15) is 0 Å². The third kappa shape index (κ3) is 3.48. The molecule has 0 spiro atoms. The van der Waals surface area contributed by atoms with Gasteiger partial charge in [0.2, 0.25) is 10.0 Å². The lowest BCUT2D eigenvalue weighted by atomic mass is 10.4. The molecular weight excluding hydrogens is 251 g/mol. The van der Waals surface area contributed by atoms with E-state index in [1.807, 2.05) is 0 Å². The Labute approximate surface area is 95.1 Å². The molecule has 0 fully saturated rings. The molecule has 0 bridgehead atoms. The van der Waals surface area contributed by atoms with Crippen LogP contribution in [0.25, 0.3) is 0 Å². The third-order valence-corrected chi connectivity index (χ3v) is 4.41. The number of nitrogens with one attached hydrogen (secondary N) is 1. The van der Waals surface area contributed by atoms with Crippen LogP contribution < -0.4 is 10.5 Å². The maximum Gasteiger partial charge on any atom is 0.241 e. The van der Waals surface area contributed by atoms with Crippen molar-refractivity contribution < 1.29 is 18.2 Å². The molecule has 16 heavy (non-hydrogen) atoms. The lowest BCUT2D eigenvalue weighted by Gasteiger charge is -2.17. The number of sulfonamides is 1. The van der Waals surface area contributed by atoms with E-state index < -0.39 is 24.2 Å². The fraction of sp³-hybridized carbons (Fsp3) is 0.250. The van der Waals surface area contributed by atoms with Crippen LogP contribution in [0.3, 0.4) is 0 Å². The van der Waals surface area contributed by atoms with Crippen LogP contribution in [0, 0.1) is 0 Å². The quantitative estimate of drug-likeness (QED) is 0.538. The van der Waals surface area contributed by atoms with E-state index in [0.29, 0.717) is 0 Å². The first-order valence-electron chi connectivity index (χ1n) is 4.42. The van der Waals surface area contributed by atoms with E-state index in [9.17, 15) is 8.42 Å². The van der Waals surface area contributed by atoms with E-state index in [4.69, 9.17) is 15.5 Å². The van der Waals surface area contributed by atoms with Gasteiger partial charge in [0.25, 0.3) is 0 Å². The summed E-state index contributed by atoms with van der Waals surface area (Å²) in [5.74, 6) is -1.06. The smallest absolute Gasteiger partial charge is 0.241 e. The normalized spacial score (nSPS) is 14.0. The standard InChI is InChI=1S/C8H13N2O4PS/c9-6-8(15(11)12)10-16(13,14)7-4-2-1-3-5-7/h1-5,8,10-12H,6,9H2. The van der Waals surface area contributed by atoms with Crippen molar-refractivity contribution in [2.45, 2.75) is 10.7 Å². The average Bonchev–Trinajstić information content (AvgIpc) is 2.27. The molecule has 0 aliphatic heterocycles. The zero-order valence-electron chi connectivity index (χ0n) is 8.31. The number of hydrogen-bond donors (Lipinski definition) is 4. The van der Waals surface area contributed by atoms with E-state index in [-0.39, 0.29) is 11.4 Å². The van der Waals surface area contributed by atoms with Gasteiger partial charge in [-0.15, -0.1) is 0 Å². The van der Waals surface area contributed by atoms with Crippen molar-refractivity contribution in [2.75, 3.05) is 6.54 Å². The molecule has 0 radical (unpaired) electrons. The highest BCUT2D eigenvalue weighted by Crippen LogP contribution is 2.29. The van der Waals surface area contributed by atoms with Gasteiger partial charge in [-0.2, -0.15) is 4.72 Å². The van der Waals surface area contributed by atoms with Gasteiger partial charge in [-0.25, -0.2) is 8.42 Å². The van der Waals surface area contributed by atoms with Gasteiger partial charge in [-0.05, 0) is 12.1 Å². The van der Waals surface area contributed by atoms with Gasteiger partial charge in [0.1, 0.15) is 5.78 Å². The SMILES string of the molecule is NCC(NS(=O)(=O)c1ccccc1)P(O)O. The Hall–Kier alpha value is -0.560. The lowest BCUT2D eigenvalue weighted by molar-refractivity contribution is 0.457. The summed E-state index contributed by atoms with van der Waals surface area (Å²) in [6, 6.07) is 7.66. The summed E-state index contributed by atoms with van der Waals surface area (Å²) in [6.07, 6.45) is 0. The highest BCUT2D eigenvalue weighted by atomic mass is 32.2. The van der Waals surface area contributed by atoms with Crippen LogP contribution in [0.2, 0.25) is 0 Å². The van der Waals surface area contributed by atoms with Crippen LogP contribution in [-0.2, 0) is 10.0 Å². The predicted octanol–water partition coefficient (Wildman–Crippen LogP) is -0.454. The molecule has 0 aliphatic rings. The molecule has 0 saturated heterocycles. The summed E-state index contributed by atoms with van der Waals surface area (Å²) in [4.78, 5) is 17.9. The van der Waals surface area contributed by atoms with Crippen molar-refractivity contribution in [3.05, 3.63) is 30.3 Å². The predicted molar refractivity (Wildman–Crippen MR) is 61.0 cm³/mol. The molecule has 0 amide bonds. The zero-order chi connectivity index (χ0) is 12.2. The van der Waals surface area contributed by atoms with Crippen molar-refractivity contribution in [2.24, 2.45) is 5.73 Å². The van der Waals surface area contributed by atoms with Gasteiger partial charge in [0.05, 0.1) is 4.90 Å². The van der Waals surface area contributed by atoms with E-state index >= 15 is 0 Å². The van der Waals surface area contributed by atoms with E-state index in [1.165, 1.54) is 12.1 Å². The van der Waals surface area contributed by atoms with Crippen molar-refractivity contribution in [3.8, 4) is 0 Å². The van der Waals surface area contributed by atoms with Crippen molar-refractivity contribution >= 4 is 18.4 Å². The molecule has 1 unspecified atom stereocenters. The van der Waals surface area contributed by atoms with Crippen molar-refractivity contribution in [1.29, 1.82) is 0 Å². The van der Waals surface area contributed by atoms with Gasteiger partial charge in [-0.3, -0.25) is 0 Å². The molecule has 0 aliphatic carbocycles. The van der Waals surface area contributed by atoms with Gasteiger partial charge in [0.15, 0.2) is 8.38 Å². The minimum atomic E-state index is -3.75. The van der Waals surface area contributed by atoms with Gasteiger partial charge in [0, 0.05) is 6.54 Å². The topological polar surface area (TPSA) is 113 Å². The first-order chi connectivity index (χ1) is 7.47. The zero-order valence-corrected chi connectivity index (χ0v) is 10.0.